The van der Waals surface area contributed by atoms with Gasteiger partial charge >= 0.3 is 0 Å². The topological polar surface area (TPSA) is 62.8 Å². The van der Waals surface area contributed by atoms with Gasteiger partial charge in [-0.25, -0.2) is 10.9 Å². The maximum Gasteiger partial charge on any atom is 0.241 e. The number of nitrogens with one attached hydrogen (secondary N) is 2. The van der Waals surface area contributed by atoms with E-state index in [0.717, 1.165) is 37.1 Å². The fourth-order valence-corrected chi connectivity index (χ4v) is 3.46. The standard InChI is InChI=1S/C17H25N3O3/c1-22-11-13-4-3-9-20(13)17(21)16-10-15(18-19-16)12-5-7-14(23-2)8-6-12/h5-8,13,15-16,18-19H,3-4,9-11H2,1-2H3/t13-,15?,16?/m0/s1. The van der Waals surface area contributed by atoms with Crippen LogP contribution in [0.2, 0.25) is 0 Å². The molecule has 0 spiro atoms. The van der Waals surface area contributed by atoms with Crippen molar-refractivity contribution < 1.29 is 14.3 Å². The maximum atomic E-state index is 12.8. The number of carbonyl (C=O) groups excluding carboxylic acids is 1. The molecule has 2 aliphatic rings. The summed E-state index contributed by atoms with van der Waals surface area (Å²) in [6.07, 6.45) is 2.84. The third kappa shape index (κ3) is 3.49. The monoisotopic (exact) mass is 319 g/mol. The van der Waals surface area contributed by atoms with Crippen molar-refractivity contribution in [2.24, 2.45) is 0 Å². The number of hydrogen-bond donors (Lipinski definition) is 2. The zero-order chi connectivity index (χ0) is 16.2. The molecule has 126 valence electrons. The highest BCUT2D eigenvalue weighted by Crippen LogP contribution is 2.27. The lowest BCUT2D eigenvalue weighted by Gasteiger charge is -2.26. The normalized spacial score (nSPS) is 27.4. The molecular weight excluding hydrogens is 294 g/mol. The maximum absolute atomic E-state index is 12.8. The number of benzene rings is 1. The molecule has 2 fully saturated rings. The van der Waals surface area contributed by atoms with Crippen LogP contribution in [0, 0.1) is 0 Å². The summed E-state index contributed by atoms with van der Waals surface area (Å²) >= 11 is 0. The molecule has 0 aliphatic carbocycles. The van der Waals surface area contributed by atoms with Crippen LogP contribution in [-0.2, 0) is 9.53 Å². The van der Waals surface area contributed by atoms with Crippen LogP contribution >= 0.6 is 0 Å². The van der Waals surface area contributed by atoms with Gasteiger partial charge in [0.2, 0.25) is 5.91 Å². The Balaban J connectivity index is 1.61. The Kier molecular flexibility index (Phi) is 5.15. The summed E-state index contributed by atoms with van der Waals surface area (Å²) in [5, 5.41) is 0. The smallest absolute Gasteiger partial charge is 0.241 e. The van der Waals surface area contributed by atoms with E-state index >= 15 is 0 Å². The first-order valence-electron chi connectivity index (χ1n) is 8.17. The Labute approximate surface area is 137 Å². The van der Waals surface area contributed by atoms with Gasteiger partial charge in [-0.15, -0.1) is 0 Å². The largest absolute Gasteiger partial charge is 0.497 e. The molecule has 2 aliphatic heterocycles. The second-order valence-corrected chi connectivity index (χ2v) is 6.19. The molecule has 0 bridgehead atoms. The molecular formula is C17H25N3O3. The number of nitrogens with zero attached hydrogens (tertiary/aromatic N) is 1. The van der Waals surface area contributed by atoms with Gasteiger partial charge in [-0.05, 0) is 37.0 Å². The summed E-state index contributed by atoms with van der Waals surface area (Å²) < 4.78 is 10.4. The van der Waals surface area contributed by atoms with Crippen LogP contribution < -0.4 is 15.6 Å². The van der Waals surface area contributed by atoms with E-state index in [-0.39, 0.29) is 24.0 Å². The van der Waals surface area contributed by atoms with E-state index in [1.54, 1.807) is 14.2 Å². The van der Waals surface area contributed by atoms with Gasteiger partial charge in [0.05, 0.1) is 19.8 Å². The number of hydrazine groups is 1. The first-order valence-corrected chi connectivity index (χ1v) is 8.17. The van der Waals surface area contributed by atoms with Gasteiger partial charge in [-0.3, -0.25) is 4.79 Å². The number of carbonyl (C=O) groups is 1. The molecule has 0 aromatic heterocycles. The van der Waals surface area contributed by atoms with Crippen LogP contribution in [0.4, 0.5) is 0 Å². The summed E-state index contributed by atoms with van der Waals surface area (Å²) in [7, 11) is 3.35. The van der Waals surface area contributed by atoms with E-state index in [9.17, 15) is 4.79 Å². The average Bonchev–Trinajstić information content (AvgIpc) is 3.24. The van der Waals surface area contributed by atoms with E-state index in [4.69, 9.17) is 9.47 Å². The third-order valence-corrected chi connectivity index (χ3v) is 4.74. The van der Waals surface area contributed by atoms with Crippen LogP contribution in [0.15, 0.2) is 24.3 Å². The molecule has 0 saturated carbocycles. The van der Waals surface area contributed by atoms with Gasteiger partial charge in [-0.1, -0.05) is 12.1 Å². The molecule has 1 aromatic rings. The lowest BCUT2D eigenvalue weighted by atomic mass is 10.0. The first-order chi connectivity index (χ1) is 11.2. The average molecular weight is 319 g/mol. The van der Waals surface area contributed by atoms with Crippen LogP contribution in [0.5, 0.6) is 5.75 Å². The minimum Gasteiger partial charge on any atom is -0.497 e. The quantitative estimate of drug-likeness (QED) is 0.855. The van der Waals surface area contributed by atoms with Gasteiger partial charge in [0.15, 0.2) is 0 Å². The lowest BCUT2D eigenvalue weighted by molar-refractivity contribution is -0.134. The summed E-state index contributed by atoms with van der Waals surface area (Å²) in [5.74, 6) is 1.01. The van der Waals surface area contributed by atoms with Crippen molar-refractivity contribution in [3.8, 4) is 5.75 Å². The molecule has 6 heteroatoms. The van der Waals surface area contributed by atoms with Gasteiger partial charge in [0.1, 0.15) is 11.8 Å². The molecule has 2 saturated heterocycles. The zero-order valence-corrected chi connectivity index (χ0v) is 13.7. The van der Waals surface area contributed by atoms with Crippen LogP contribution in [0.3, 0.4) is 0 Å². The van der Waals surface area contributed by atoms with Gasteiger partial charge < -0.3 is 14.4 Å². The highest BCUT2D eigenvalue weighted by molar-refractivity contribution is 5.82. The Bertz CT molecular complexity index is 534. The molecule has 2 N–H and O–H groups in total. The number of likely N-dealkylation sites (tertiary alicyclic amines) is 1. The van der Waals surface area contributed by atoms with Crippen LogP contribution in [0.25, 0.3) is 0 Å². The van der Waals surface area contributed by atoms with Crippen molar-refractivity contribution in [1.82, 2.24) is 15.8 Å². The van der Waals surface area contributed by atoms with Crippen molar-refractivity contribution in [2.45, 2.75) is 37.4 Å². The molecule has 1 aromatic carbocycles. The number of methoxy groups -OCH3 is 2. The number of rotatable bonds is 5. The highest BCUT2D eigenvalue weighted by Gasteiger charge is 2.37. The zero-order valence-electron chi connectivity index (χ0n) is 13.7. The van der Waals surface area contributed by atoms with Crippen molar-refractivity contribution in [3.63, 3.8) is 0 Å². The molecule has 23 heavy (non-hydrogen) atoms. The summed E-state index contributed by atoms with van der Waals surface area (Å²) in [6, 6.07) is 8.14. The second kappa shape index (κ2) is 7.29. The van der Waals surface area contributed by atoms with E-state index in [0.29, 0.717) is 6.61 Å². The predicted molar refractivity (Wildman–Crippen MR) is 87.0 cm³/mol. The Morgan fingerprint density at radius 1 is 1.26 bits per heavy atom. The van der Waals surface area contributed by atoms with Crippen LogP contribution in [0.1, 0.15) is 30.9 Å². The van der Waals surface area contributed by atoms with Crippen molar-refractivity contribution >= 4 is 5.91 Å². The Morgan fingerprint density at radius 2 is 2.04 bits per heavy atom. The van der Waals surface area contributed by atoms with Gasteiger partial charge in [0.25, 0.3) is 0 Å². The van der Waals surface area contributed by atoms with Crippen molar-refractivity contribution in [3.05, 3.63) is 29.8 Å². The Morgan fingerprint density at radius 3 is 2.74 bits per heavy atom. The fourth-order valence-electron chi connectivity index (χ4n) is 3.46. The number of hydrogen-bond acceptors (Lipinski definition) is 5. The number of amides is 1. The fraction of sp³-hybridized carbons (Fsp3) is 0.588. The molecule has 0 radical (unpaired) electrons. The third-order valence-electron chi connectivity index (χ3n) is 4.74. The van der Waals surface area contributed by atoms with E-state index in [1.807, 2.05) is 29.2 Å². The van der Waals surface area contributed by atoms with Gasteiger partial charge in [-0.2, -0.15) is 0 Å². The second-order valence-electron chi connectivity index (χ2n) is 6.19. The minimum absolute atomic E-state index is 0.137. The molecule has 1 amide bonds. The van der Waals surface area contributed by atoms with Crippen molar-refractivity contribution in [2.75, 3.05) is 27.4 Å². The Hall–Kier alpha value is -1.63. The summed E-state index contributed by atoms with van der Waals surface area (Å²) in [4.78, 5) is 14.7. The van der Waals surface area contributed by atoms with E-state index < -0.39 is 0 Å². The first kappa shape index (κ1) is 16.2. The molecule has 2 unspecified atom stereocenters. The van der Waals surface area contributed by atoms with E-state index in [1.165, 1.54) is 0 Å². The van der Waals surface area contributed by atoms with Gasteiger partial charge in [0, 0.05) is 19.7 Å². The summed E-state index contributed by atoms with van der Waals surface area (Å²) in [6.45, 7) is 1.45. The lowest BCUT2D eigenvalue weighted by Crippen LogP contribution is -2.48. The molecule has 3 atom stereocenters. The van der Waals surface area contributed by atoms with E-state index in [2.05, 4.69) is 10.9 Å². The summed E-state index contributed by atoms with van der Waals surface area (Å²) in [5.41, 5.74) is 7.56. The molecule has 6 nitrogen and oxygen atoms in total. The SMILES string of the molecule is COC[C@@H]1CCCN1C(=O)C1CC(c2ccc(OC)cc2)NN1. The van der Waals surface area contributed by atoms with Crippen LogP contribution in [-0.4, -0.2) is 50.3 Å². The minimum atomic E-state index is -0.181. The molecule has 3 rings (SSSR count). The predicted octanol–water partition coefficient (Wildman–Crippen LogP) is 1.24. The van der Waals surface area contributed by atoms with Crippen molar-refractivity contribution in [1.29, 1.82) is 0 Å². The molecule has 2 heterocycles. The highest BCUT2D eigenvalue weighted by atomic mass is 16.5. The number of ether oxygens (including phenoxy) is 2.